The Balaban J connectivity index is 2.10. The number of aliphatic carboxylic acids is 1. The van der Waals surface area contributed by atoms with Gasteiger partial charge in [0.1, 0.15) is 6.04 Å². The van der Waals surface area contributed by atoms with E-state index in [4.69, 9.17) is 5.11 Å². The van der Waals surface area contributed by atoms with Gasteiger partial charge in [-0.25, -0.2) is 17.9 Å². The van der Waals surface area contributed by atoms with Crippen molar-refractivity contribution in [3.8, 4) is 0 Å². The van der Waals surface area contributed by atoms with Gasteiger partial charge >= 0.3 is 5.97 Å². The average molecular weight is 354 g/mol. The number of carboxylic acids is 1. The number of sulfonamides is 1. The number of carbonyl (C=O) groups excluding carboxylic acids is 1. The van der Waals surface area contributed by atoms with Crippen molar-refractivity contribution in [3.63, 3.8) is 0 Å². The van der Waals surface area contributed by atoms with Crippen molar-refractivity contribution in [1.29, 1.82) is 0 Å². The van der Waals surface area contributed by atoms with Gasteiger partial charge in [0.05, 0.1) is 11.3 Å². The van der Waals surface area contributed by atoms with E-state index in [-0.39, 0.29) is 23.3 Å². The monoisotopic (exact) mass is 354 g/mol. The first-order valence-electron chi connectivity index (χ1n) is 7.89. The summed E-state index contributed by atoms with van der Waals surface area (Å²) in [5.41, 5.74) is 0.652. The molecule has 1 unspecified atom stereocenters. The Labute approximate surface area is 141 Å². The lowest BCUT2D eigenvalue weighted by molar-refractivity contribution is -0.149. The van der Waals surface area contributed by atoms with Gasteiger partial charge in [-0.05, 0) is 37.5 Å². The number of rotatable bonds is 8. The van der Waals surface area contributed by atoms with Gasteiger partial charge < -0.3 is 10.0 Å². The molecule has 8 heteroatoms. The molecule has 0 saturated heterocycles. The van der Waals surface area contributed by atoms with Crippen LogP contribution >= 0.6 is 0 Å². The van der Waals surface area contributed by atoms with Crippen LogP contribution in [0.2, 0.25) is 0 Å². The maximum atomic E-state index is 12.5. The second-order valence-electron chi connectivity index (χ2n) is 5.87. The lowest BCUT2D eigenvalue weighted by Crippen LogP contribution is -2.45. The fourth-order valence-electron chi connectivity index (χ4n) is 2.53. The summed E-state index contributed by atoms with van der Waals surface area (Å²) in [5, 5.41) is 9.15. The number of benzene rings is 1. The third-order valence-electron chi connectivity index (χ3n) is 3.93. The van der Waals surface area contributed by atoms with Crippen LogP contribution in [0.3, 0.4) is 0 Å². The van der Waals surface area contributed by atoms with Crippen molar-refractivity contribution in [2.75, 3.05) is 6.54 Å². The molecule has 2 rings (SSSR count). The van der Waals surface area contributed by atoms with Gasteiger partial charge in [0.25, 0.3) is 0 Å². The normalized spacial score (nSPS) is 15.8. The van der Waals surface area contributed by atoms with Crippen LogP contribution in [-0.4, -0.2) is 48.9 Å². The van der Waals surface area contributed by atoms with E-state index >= 15 is 0 Å². The van der Waals surface area contributed by atoms with Crippen LogP contribution < -0.4 is 4.72 Å². The minimum Gasteiger partial charge on any atom is -0.480 e. The summed E-state index contributed by atoms with van der Waals surface area (Å²) in [6.45, 7) is 3.50. The molecule has 0 radical (unpaired) electrons. The number of carbonyl (C=O) groups is 2. The zero-order valence-corrected chi connectivity index (χ0v) is 14.5. The SMILES string of the molecule is CCNS(=O)(=O)c1ccc(CC(=O)N(C2CC2)C(C)C(=O)O)cc1. The summed E-state index contributed by atoms with van der Waals surface area (Å²) in [5.74, 6) is -1.28. The highest BCUT2D eigenvalue weighted by molar-refractivity contribution is 7.89. The van der Waals surface area contributed by atoms with Crippen LogP contribution in [0.4, 0.5) is 0 Å². The molecular weight excluding hydrogens is 332 g/mol. The molecule has 1 aliphatic rings. The first kappa shape index (κ1) is 18.4. The molecule has 132 valence electrons. The van der Waals surface area contributed by atoms with Crippen LogP contribution in [0.15, 0.2) is 29.2 Å². The van der Waals surface area contributed by atoms with Crippen molar-refractivity contribution in [2.45, 2.75) is 50.1 Å². The fraction of sp³-hybridized carbons (Fsp3) is 0.500. The molecule has 1 saturated carbocycles. The van der Waals surface area contributed by atoms with Gasteiger partial charge in [-0.2, -0.15) is 0 Å². The van der Waals surface area contributed by atoms with Gasteiger partial charge in [-0.15, -0.1) is 0 Å². The predicted octanol–water partition coefficient (Wildman–Crippen LogP) is 0.991. The molecule has 2 N–H and O–H groups in total. The molecule has 7 nitrogen and oxygen atoms in total. The van der Waals surface area contributed by atoms with Crippen molar-refractivity contribution in [3.05, 3.63) is 29.8 Å². The summed E-state index contributed by atoms with van der Waals surface area (Å²) in [6.07, 6.45) is 1.70. The van der Waals surface area contributed by atoms with Gasteiger partial charge in [-0.3, -0.25) is 4.79 Å². The lowest BCUT2D eigenvalue weighted by atomic mass is 10.1. The van der Waals surface area contributed by atoms with Crippen LogP contribution in [0.1, 0.15) is 32.3 Å². The van der Waals surface area contributed by atoms with Crippen LogP contribution in [-0.2, 0) is 26.0 Å². The highest BCUT2D eigenvalue weighted by Crippen LogP contribution is 2.29. The zero-order chi connectivity index (χ0) is 17.9. The number of hydrogen-bond acceptors (Lipinski definition) is 4. The molecule has 0 aliphatic heterocycles. The van der Waals surface area contributed by atoms with E-state index in [1.54, 1.807) is 19.1 Å². The minimum absolute atomic E-state index is 0.00277. The first-order chi connectivity index (χ1) is 11.3. The highest BCUT2D eigenvalue weighted by Gasteiger charge is 2.38. The van der Waals surface area contributed by atoms with Crippen molar-refractivity contribution in [2.24, 2.45) is 0 Å². The number of carboxylic acid groups (broad SMARTS) is 1. The molecule has 1 aliphatic carbocycles. The third kappa shape index (κ3) is 4.33. The van der Waals surface area contributed by atoms with E-state index in [0.717, 1.165) is 12.8 Å². The summed E-state index contributed by atoms with van der Waals surface area (Å²) in [6, 6.07) is 5.19. The average Bonchev–Trinajstić information content (AvgIpc) is 3.32. The molecule has 24 heavy (non-hydrogen) atoms. The molecule has 1 aromatic rings. The van der Waals surface area contributed by atoms with Crippen LogP contribution in [0, 0.1) is 0 Å². The number of amides is 1. The molecule has 0 heterocycles. The summed E-state index contributed by atoms with van der Waals surface area (Å²) in [4.78, 5) is 25.2. The largest absolute Gasteiger partial charge is 0.480 e. The Morgan fingerprint density at radius 3 is 2.33 bits per heavy atom. The molecule has 1 aromatic carbocycles. The highest BCUT2D eigenvalue weighted by atomic mass is 32.2. The minimum atomic E-state index is -3.52. The quantitative estimate of drug-likeness (QED) is 0.724. The molecule has 0 spiro atoms. The third-order valence-corrected chi connectivity index (χ3v) is 5.49. The lowest BCUT2D eigenvalue weighted by Gasteiger charge is -2.26. The molecule has 0 aromatic heterocycles. The van der Waals surface area contributed by atoms with E-state index in [1.165, 1.54) is 24.0 Å². The first-order valence-corrected chi connectivity index (χ1v) is 9.37. The molecule has 1 fully saturated rings. The van der Waals surface area contributed by atoms with E-state index in [9.17, 15) is 18.0 Å². The second-order valence-corrected chi connectivity index (χ2v) is 7.64. The van der Waals surface area contributed by atoms with E-state index in [0.29, 0.717) is 12.1 Å². The molecule has 0 bridgehead atoms. The summed E-state index contributed by atoms with van der Waals surface area (Å²) < 4.78 is 26.2. The number of nitrogens with zero attached hydrogens (tertiary/aromatic N) is 1. The molecule has 1 amide bonds. The van der Waals surface area contributed by atoms with E-state index in [1.807, 2.05) is 0 Å². The fourth-order valence-corrected chi connectivity index (χ4v) is 3.57. The van der Waals surface area contributed by atoms with Crippen molar-refractivity contribution < 1.29 is 23.1 Å². The Hall–Kier alpha value is -1.93. The van der Waals surface area contributed by atoms with Gasteiger partial charge in [0.2, 0.25) is 15.9 Å². The van der Waals surface area contributed by atoms with Crippen molar-refractivity contribution >= 4 is 21.9 Å². The van der Waals surface area contributed by atoms with Crippen LogP contribution in [0.5, 0.6) is 0 Å². The smallest absolute Gasteiger partial charge is 0.326 e. The summed E-state index contributed by atoms with van der Waals surface area (Å²) >= 11 is 0. The second kappa shape index (κ2) is 7.31. The number of hydrogen-bond donors (Lipinski definition) is 2. The van der Waals surface area contributed by atoms with Gasteiger partial charge in [0.15, 0.2) is 0 Å². The Bertz CT molecular complexity index is 710. The van der Waals surface area contributed by atoms with Crippen molar-refractivity contribution in [1.82, 2.24) is 9.62 Å². The Kier molecular flexibility index (Phi) is 5.61. The molecular formula is C16H22N2O5S. The number of nitrogens with one attached hydrogen (secondary N) is 1. The van der Waals surface area contributed by atoms with E-state index in [2.05, 4.69) is 4.72 Å². The Morgan fingerprint density at radius 1 is 1.29 bits per heavy atom. The summed E-state index contributed by atoms with van der Waals surface area (Å²) in [7, 11) is -3.52. The van der Waals surface area contributed by atoms with Gasteiger partial charge in [0, 0.05) is 12.6 Å². The maximum Gasteiger partial charge on any atom is 0.326 e. The zero-order valence-electron chi connectivity index (χ0n) is 13.7. The van der Waals surface area contributed by atoms with Crippen LogP contribution in [0.25, 0.3) is 0 Å². The standard InChI is InChI=1S/C16H22N2O5S/c1-3-17-24(22,23)14-8-4-12(5-9-14)10-15(19)18(13-6-7-13)11(2)16(20)21/h4-5,8-9,11,13,17H,3,6-7,10H2,1-2H3,(H,20,21). The molecule has 1 atom stereocenters. The van der Waals surface area contributed by atoms with E-state index < -0.39 is 22.0 Å². The topological polar surface area (TPSA) is 104 Å². The Morgan fingerprint density at radius 2 is 1.88 bits per heavy atom. The van der Waals surface area contributed by atoms with Gasteiger partial charge in [-0.1, -0.05) is 19.1 Å². The predicted molar refractivity (Wildman–Crippen MR) is 88.0 cm³/mol. The maximum absolute atomic E-state index is 12.5.